The van der Waals surface area contributed by atoms with Crippen molar-refractivity contribution in [3.8, 4) is 0 Å². The fourth-order valence-corrected chi connectivity index (χ4v) is 3.71. The Bertz CT molecular complexity index is 641. The lowest BCUT2D eigenvalue weighted by Gasteiger charge is -2.23. The van der Waals surface area contributed by atoms with Crippen LogP contribution in [-0.2, 0) is 5.41 Å². The van der Waals surface area contributed by atoms with Gasteiger partial charge in [-0.1, -0.05) is 19.9 Å². The molecule has 21 heavy (non-hydrogen) atoms. The van der Waals surface area contributed by atoms with Gasteiger partial charge in [0, 0.05) is 33.5 Å². The van der Waals surface area contributed by atoms with Crippen LogP contribution in [0.5, 0.6) is 0 Å². The van der Waals surface area contributed by atoms with E-state index in [-0.39, 0.29) is 11.3 Å². The summed E-state index contributed by atoms with van der Waals surface area (Å²) < 4.78 is 3.06. The average Bonchev–Trinajstić information content (AvgIpc) is 2.98. The van der Waals surface area contributed by atoms with Gasteiger partial charge < -0.3 is 9.88 Å². The van der Waals surface area contributed by atoms with Gasteiger partial charge in [-0.25, -0.2) is 0 Å². The summed E-state index contributed by atoms with van der Waals surface area (Å²) in [5.74, 6) is 0.0113. The van der Waals surface area contributed by atoms with E-state index in [1.807, 2.05) is 12.3 Å². The minimum atomic E-state index is -0.0436. The normalized spacial score (nSPS) is 15.2. The third-order valence-electron chi connectivity index (χ3n) is 3.87. The van der Waals surface area contributed by atoms with E-state index in [0.717, 1.165) is 10.2 Å². The van der Waals surface area contributed by atoms with Gasteiger partial charge in [0.2, 0.25) is 0 Å². The van der Waals surface area contributed by atoms with Crippen molar-refractivity contribution in [2.45, 2.75) is 38.1 Å². The number of hydrogen-bond acceptors (Lipinski definition) is 2. The maximum Gasteiger partial charge on any atom is 0.267 e. The number of carbonyl (C=O) groups excluding carboxylic acids is 1. The highest BCUT2D eigenvalue weighted by Crippen LogP contribution is 2.37. The summed E-state index contributed by atoms with van der Waals surface area (Å²) in [6.07, 6.45) is 4.35. The highest BCUT2D eigenvalue weighted by atomic mass is 79.9. The lowest BCUT2D eigenvalue weighted by atomic mass is 9.91. The summed E-state index contributed by atoms with van der Waals surface area (Å²) in [5.41, 5.74) is 0.712. The largest absolute Gasteiger partial charge is 0.350 e. The van der Waals surface area contributed by atoms with E-state index < -0.39 is 0 Å². The summed E-state index contributed by atoms with van der Waals surface area (Å²) in [7, 11) is 0. The van der Waals surface area contributed by atoms with Crippen molar-refractivity contribution in [3.05, 3.63) is 44.8 Å². The van der Waals surface area contributed by atoms with Crippen LogP contribution in [0.3, 0.4) is 0 Å². The number of hydrogen-bond donors (Lipinski definition) is 1. The fourth-order valence-electron chi connectivity index (χ4n) is 2.43. The number of rotatable bonds is 5. The van der Waals surface area contributed by atoms with Crippen LogP contribution in [0.2, 0.25) is 0 Å². The molecule has 1 amide bonds. The molecule has 3 nitrogen and oxygen atoms in total. The molecule has 0 unspecified atom stereocenters. The molecule has 2 aromatic heterocycles. The van der Waals surface area contributed by atoms with Gasteiger partial charge >= 0.3 is 0 Å². The maximum absolute atomic E-state index is 12.5. The van der Waals surface area contributed by atoms with Crippen LogP contribution < -0.4 is 5.32 Å². The van der Waals surface area contributed by atoms with Gasteiger partial charge in [0.05, 0.1) is 0 Å². The molecule has 1 fully saturated rings. The second-order valence-corrected chi connectivity index (χ2v) is 8.09. The first kappa shape index (κ1) is 14.9. The molecule has 0 saturated heterocycles. The third kappa shape index (κ3) is 3.24. The second-order valence-electron chi connectivity index (χ2n) is 6.23. The Kier molecular flexibility index (Phi) is 3.97. The number of carbonyl (C=O) groups is 1. The quantitative estimate of drug-likeness (QED) is 0.837. The minimum Gasteiger partial charge on any atom is -0.350 e. The molecule has 3 rings (SSSR count). The van der Waals surface area contributed by atoms with Crippen LogP contribution >= 0.6 is 27.3 Å². The van der Waals surface area contributed by atoms with Crippen LogP contribution in [0.25, 0.3) is 0 Å². The monoisotopic (exact) mass is 366 g/mol. The Hall–Kier alpha value is -1.07. The van der Waals surface area contributed by atoms with Crippen LogP contribution in [-0.4, -0.2) is 17.0 Å². The Morgan fingerprint density at radius 2 is 2.29 bits per heavy atom. The van der Waals surface area contributed by atoms with E-state index in [4.69, 9.17) is 0 Å². The molecular formula is C16H19BrN2OS. The van der Waals surface area contributed by atoms with Crippen molar-refractivity contribution >= 4 is 33.2 Å². The van der Waals surface area contributed by atoms with Crippen molar-refractivity contribution in [2.75, 3.05) is 6.54 Å². The second kappa shape index (κ2) is 5.61. The van der Waals surface area contributed by atoms with Gasteiger partial charge in [-0.2, -0.15) is 0 Å². The first-order valence-electron chi connectivity index (χ1n) is 7.17. The number of nitrogens with zero attached hydrogens (tertiary/aromatic N) is 1. The summed E-state index contributed by atoms with van der Waals surface area (Å²) in [6.45, 7) is 4.96. The van der Waals surface area contributed by atoms with Crippen molar-refractivity contribution in [3.63, 3.8) is 0 Å². The zero-order chi connectivity index (χ0) is 15.0. The van der Waals surface area contributed by atoms with Gasteiger partial charge in [-0.15, -0.1) is 11.3 Å². The molecule has 1 N–H and O–H groups in total. The van der Waals surface area contributed by atoms with Crippen LogP contribution in [0.4, 0.5) is 0 Å². The molecule has 1 saturated carbocycles. The maximum atomic E-state index is 12.5. The number of amides is 1. The molecule has 0 aromatic carbocycles. The van der Waals surface area contributed by atoms with Crippen molar-refractivity contribution in [1.82, 2.24) is 9.88 Å². The van der Waals surface area contributed by atoms with Gasteiger partial charge in [0.1, 0.15) is 5.69 Å². The lowest BCUT2D eigenvalue weighted by Crippen LogP contribution is -2.36. The number of thiophene rings is 1. The molecule has 0 radical (unpaired) electrons. The van der Waals surface area contributed by atoms with E-state index in [2.05, 4.69) is 57.2 Å². The summed E-state index contributed by atoms with van der Waals surface area (Å²) >= 11 is 5.21. The van der Waals surface area contributed by atoms with Crippen molar-refractivity contribution < 1.29 is 4.79 Å². The predicted molar refractivity (Wildman–Crippen MR) is 90.1 cm³/mol. The van der Waals surface area contributed by atoms with Crippen molar-refractivity contribution in [1.29, 1.82) is 0 Å². The number of aromatic nitrogens is 1. The van der Waals surface area contributed by atoms with E-state index in [9.17, 15) is 4.79 Å². The fraction of sp³-hybridized carbons (Fsp3) is 0.438. The van der Waals surface area contributed by atoms with Gasteiger partial charge in [0.25, 0.3) is 5.91 Å². The van der Waals surface area contributed by atoms with Crippen LogP contribution in [0.15, 0.2) is 34.2 Å². The molecule has 2 aromatic rings. The smallest absolute Gasteiger partial charge is 0.267 e. The van der Waals surface area contributed by atoms with Gasteiger partial charge in [-0.3, -0.25) is 4.79 Å². The number of halogens is 1. The van der Waals surface area contributed by atoms with E-state index in [1.54, 1.807) is 11.3 Å². The van der Waals surface area contributed by atoms with Crippen LogP contribution in [0.1, 0.15) is 48.1 Å². The lowest BCUT2D eigenvalue weighted by molar-refractivity contribution is 0.0936. The Morgan fingerprint density at radius 3 is 2.90 bits per heavy atom. The van der Waals surface area contributed by atoms with E-state index in [0.29, 0.717) is 12.6 Å². The predicted octanol–water partition coefficient (Wildman–Crippen LogP) is 4.35. The standard InChI is InChI=1S/C16H19BrN2OS/c1-16(2,14-4-3-7-21-14)10-18-15(20)13-8-11(17)9-19(13)12-5-6-12/h3-4,7-9,12H,5-6,10H2,1-2H3,(H,18,20). The molecule has 0 bridgehead atoms. The molecule has 112 valence electrons. The number of nitrogens with one attached hydrogen (secondary N) is 1. The summed E-state index contributed by atoms with van der Waals surface area (Å²) in [4.78, 5) is 13.8. The molecule has 0 aliphatic heterocycles. The molecule has 0 atom stereocenters. The van der Waals surface area contributed by atoms with E-state index in [1.165, 1.54) is 17.7 Å². The summed E-state index contributed by atoms with van der Waals surface area (Å²) in [5, 5.41) is 5.17. The molecular weight excluding hydrogens is 348 g/mol. The van der Waals surface area contributed by atoms with Crippen LogP contribution in [0, 0.1) is 0 Å². The third-order valence-corrected chi connectivity index (χ3v) is 5.54. The van der Waals surface area contributed by atoms with Gasteiger partial charge in [-0.05, 0) is 46.3 Å². The Morgan fingerprint density at radius 1 is 1.52 bits per heavy atom. The zero-order valence-corrected chi connectivity index (χ0v) is 14.6. The molecule has 5 heteroatoms. The zero-order valence-electron chi connectivity index (χ0n) is 12.2. The topological polar surface area (TPSA) is 34.0 Å². The Balaban J connectivity index is 1.69. The molecule has 2 heterocycles. The van der Waals surface area contributed by atoms with E-state index >= 15 is 0 Å². The molecule has 0 spiro atoms. The van der Waals surface area contributed by atoms with Gasteiger partial charge in [0.15, 0.2) is 0 Å². The first-order chi connectivity index (χ1) is 9.97. The Labute approximate surface area is 137 Å². The highest BCUT2D eigenvalue weighted by Gasteiger charge is 2.29. The average molecular weight is 367 g/mol. The minimum absolute atomic E-state index is 0.0113. The highest BCUT2D eigenvalue weighted by molar-refractivity contribution is 9.10. The molecule has 1 aliphatic rings. The van der Waals surface area contributed by atoms with Crippen molar-refractivity contribution in [2.24, 2.45) is 0 Å². The summed E-state index contributed by atoms with van der Waals surface area (Å²) in [6, 6.07) is 6.59. The molecule has 1 aliphatic carbocycles. The SMILES string of the molecule is CC(C)(CNC(=O)c1cc(Br)cn1C1CC1)c1cccs1. The first-order valence-corrected chi connectivity index (χ1v) is 8.84.